The molecule has 1 aromatic rings. The molecule has 118 valence electrons. The molecule has 0 aliphatic carbocycles. The topological polar surface area (TPSA) is 20.2 Å². The van der Waals surface area contributed by atoms with Crippen molar-refractivity contribution in [2.75, 3.05) is 0 Å². The van der Waals surface area contributed by atoms with Crippen LogP contribution in [0.15, 0.2) is 27.5 Å². The van der Waals surface area contributed by atoms with E-state index in [1.54, 1.807) is 12.1 Å². The Hall–Kier alpha value is -0.740. The van der Waals surface area contributed by atoms with Crippen LogP contribution in [0.25, 0.3) is 0 Å². The predicted molar refractivity (Wildman–Crippen MR) is 86.5 cm³/mol. The molecule has 1 N–H and O–H groups in total. The Morgan fingerprint density at radius 2 is 1.38 bits per heavy atom. The van der Waals surface area contributed by atoms with Gasteiger partial charge in [0.15, 0.2) is 0 Å². The average molecular weight is 335 g/mol. The molecular weight excluding hydrogens is 314 g/mol. The van der Waals surface area contributed by atoms with Crippen molar-refractivity contribution in [3.63, 3.8) is 0 Å². The highest BCUT2D eigenvalue weighted by molar-refractivity contribution is 8.04. The molecule has 1 rings (SSSR count). The molecule has 0 saturated carbocycles. The van der Waals surface area contributed by atoms with Crippen LogP contribution in [0, 0.1) is 0 Å². The fourth-order valence-corrected chi connectivity index (χ4v) is 2.86. The first-order chi connectivity index (χ1) is 9.34. The standard InChI is InChI=1S/C16H21ClF2OS/c1-15(2,3)10-7-9(21-13(17)14(18)19)8-11(12(10)20)16(4,5)6/h7-8,20H,1-6H3. The monoisotopic (exact) mass is 334 g/mol. The van der Waals surface area contributed by atoms with Gasteiger partial charge in [0.1, 0.15) is 10.1 Å². The fraction of sp³-hybridized carbons (Fsp3) is 0.500. The number of phenols is 1. The van der Waals surface area contributed by atoms with Crippen LogP contribution < -0.4 is 0 Å². The van der Waals surface area contributed by atoms with Crippen LogP contribution in [0.1, 0.15) is 52.7 Å². The van der Waals surface area contributed by atoms with Crippen molar-refractivity contribution in [2.45, 2.75) is 57.3 Å². The molecule has 0 saturated heterocycles. The Bertz CT molecular complexity index is 530. The summed E-state index contributed by atoms with van der Waals surface area (Å²) in [5.41, 5.74) is 0.846. The smallest absolute Gasteiger partial charge is 0.295 e. The van der Waals surface area contributed by atoms with Crippen molar-refractivity contribution in [3.05, 3.63) is 33.7 Å². The van der Waals surface area contributed by atoms with Gasteiger partial charge in [0.2, 0.25) is 0 Å². The van der Waals surface area contributed by atoms with E-state index in [-0.39, 0.29) is 16.6 Å². The highest BCUT2D eigenvalue weighted by Crippen LogP contribution is 2.43. The Morgan fingerprint density at radius 3 is 1.67 bits per heavy atom. The minimum absolute atomic E-state index is 0.222. The van der Waals surface area contributed by atoms with Crippen molar-refractivity contribution in [1.82, 2.24) is 0 Å². The summed E-state index contributed by atoms with van der Waals surface area (Å²) in [7, 11) is 0. The second-order valence-corrected chi connectivity index (χ2v) is 8.69. The highest BCUT2D eigenvalue weighted by Gasteiger charge is 2.27. The van der Waals surface area contributed by atoms with Crippen molar-refractivity contribution in [2.24, 2.45) is 0 Å². The molecule has 0 aromatic heterocycles. The molecule has 0 heterocycles. The number of halogens is 3. The molecule has 0 aliphatic heterocycles. The molecule has 0 atom stereocenters. The molecule has 0 radical (unpaired) electrons. The van der Waals surface area contributed by atoms with Gasteiger partial charge >= 0.3 is 0 Å². The zero-order valence-corrected chi connectivity index (χ0v) is 14.7. The lowest BCUT2D eigenvalue weighted by Crippen LogP contribution is -2.17. The van der Waals surface area contributed by atoms with Crippen LogP contribution in [0.2, 0.25) is 0 Å². The Labute approximate surface area is 134 Å². The summed E-state index contributed by atoms with van der Waals surface area (Å²) in [6, 6.07) is 3.45. The van der Waals surface area contributed by atoms with E-state index in [9.17, 15) is 13.9 Å². The van der Waals surface area contributed by atoms with Gasteiger partial charge in [0.05, 0.1) is 0 Å². The van der Waals surface area contributed by atoms with Crippen LogP contribution in [-0.4, -0.2) is 5.11 Å². The van der Waals surface area contributed by atoms with E-state index in [4.69, 9.17) is 11.6 Å². The normalized spacial score (nSPS) is 12.4. The lowest BCUT2D eigenvalue weighted by atomic mass is 9.79. The van der Waals surface area contributed by atoms with Crippen molar-refractivity contribution in [3.8, 4) is 5.75 Å². The molecule has 0 unspecified atom stereocenters. The molecule has 0 bridgehead atoms. The molecule has 0 amide bonds. The summed E-state index contributed by atoms with van der Waals surface area (Å²) in [5, 5.41) is 10.5. The number of rotatable bonds is 2. The van der Waals surface area contributed by atoms with Crippen LogP contribution >= 0.6 is 23.4 Å². The zero-order valence-electron chi connectivity index (χ0n) is 13.1. The maximum atomic E-state index is 12.5. The summed E-state index contributed by atoms with van der Waals surface area (Å²) in [6.45, 7) is 11.8. The molecule has 0 fully saturated rings. The molecule has 5 heteroatoms. The number of phenolic OH excluding ortho intramolecular Hbond substituents is 1. The van der Waals surface area contributed by atoms with E-state index in [1.165, 1.54) is 0 Å². The first-order valence-electron chi connectivity index (χ1n) is 6.60. The van der Waals surface area contributed by atoms with Gasteiger partial charge < -0.3 is 5.11 Å². The van der Waals surface area contributed by atoms with Gasteiger partial charge in [-0.25, -0.2) is 0 Å². The van der Waals surface area contributed by atoms with E-state index in [2.05, 4.69) is 0 Å². The van der Waals surface area contributed by atoms with E-state index in [1.807, 2.05) is 41.5 Å². The van der Waals surface area contributed by atoms with Crippen LogP contribution in [0.4, 0.5) is 8.78 Å². The Balaban J connectivity index is 3.52. The van der Waals surface area contributed by atoms with Gasteiger partial charge in [-0.3, -0.25) is 0 Å². The number of hydrogen-bond acceptors (Lipinski definition) is 2. The average Bonchev–Trinajstić information content (AvgIpc) is 2.27. The lowest BCUT2D eigenvalue weighted by Gasteiger charge is -2.28. The van der Waals surface area contributed by atoms with Gasteiger partial charge in [-0.05, 0) is 23.0 Å². The van der Waals surface area contributed by atoms with Crippen LogP contribution in [-0.2, 0) is 10.8 Å². The van der Waals surface area contributed by atoms with Crippen molar-refractivity contribution >= 4 is 23.4 Å². The number of hydrogen-bond donors (Lipinski definition) is 1. The minimum atomic E-state index is -1.90. The molecule has 0 spiro atoms. The Kier molecular flexibility index (Phi) is 5.38. The highest BCUT2D eigenvalue weighted by atomic mass is 35.5. The quantitative estimate of drug-likeness (QED) is 0.633. The van der Waals surface area contributed by atoms with Crippen molar-refractivity contribution < 1.29 is 13.9 Å². The minimum Gasteiger partial charge on any atom is -0.507 e. The third-order valence-corrected chi connectivity index (χ3v) is 4.23. The van der Waals surface area contributed by atoms with Crippen LogP contribution in [0.3, 0.4) is 0 Å². The van der Waals surface area contributed by atoms with Gasteiger partial charge in [-0.1, -0.05) is 64.9 Å². The maximum Gasteiger partial charge on any atom is 0.295 e. The lowest BCUT2D eigenvalue weighted by molar-refractivity contribution is 0.422. The second kappa shape index (κ2) is 6.17. The molecule has 0 aliphatic rings. The summed E-state index contributed by atoms with van der Waals surface area (Å²) in [5.74, 6) is 0.222. The van der Waals surface area contributed by atoms with Gasteiger partial charge in [0, 0.05) is 16.0 Å². The molecule has 21 heavy (non-hydrogen) atoms. The van der Waals surface area contributed by atoms with Gasteiger partial charge in [-0.15, -0.1) is 0 Å². The predicted octanol–water partition coefficient (Wildman–Crippen LogP) is 6.38. The maximum absolute atomic E-state index is 12.5. The number of aromatic hydroxyl groups is 1. The number of thioether (sulfide) groups is 1. The fourth-order valence-electron chi connectivity index (χ4n) is 1.95. The first kappa shape index (κ1) is 18.3. The molecule has 1 nitrogen and oxygen atoms in total. The zero-order chi connectivity index (χ0) is 16.6. The van der Waals surface area contributed by atoms with E-state index in [0.29, 0.717) is 4.90 Å². The SMILES string of the molecule is CC(C)(C)c1cc(SC(Cl)=C(F)F)cc(C(C)(C)C)c1O. The number of benzene rings is 1. The van der Waals surface area contributed by atoms with Crippen LogP contribution in [0.5, 0.6) is 5.75 Å². The summed E-state index contributed by atoms with van der Waals surface area (Å²) >= 11 is 6.36. The third-order valence-electron chi connectivity index (χ3n) is 3.06. The summed E-state index contributed by atoms with van der Waals surface area (Å²) in [4.78, 5) is 0.598. The van der Waals surface area contributed by atoms with E-state index in [0.717, 1.165) is 22.9 Å². The largest absolute Gasteiger partial charge is 0.507 e. The molecule has 1 aromatic carbocycles. The first-order valence-corrected chi connectivity index (χ1v) is 7.80. The van der Waals surface area contributed by atoms with Gasteiger partial charge in [0.25, 0.3) is 6.08 Å². The third kappa shape index (κ3) is 4.62. The summed E-state index contributed by atoms with van der Waals surface area (Å²) in [6.07, 6.45) is -1.90. The van der Waals surface area contributed by atoms with E-state index < -0.39 is 10.4 Å². The van der Waals surface area contributed by atoms with Crippen molar-refractivity contribution in [1.29, 1.82) is 0 Å². The molecular formula is C16H21ClF2OS. The Morgan fingerprint density at radius 1 is 1.00 bits per heavy atom. The summed E-state index contributed by atoms with van der Waals surface area (Å²) < 4.78 is 24.5. The van der Waals surface area contributed by atoms with Gasteiger partial charge in [-0.2, -0.15) is 8.78 Å². The second-order valence-electron chi connectivity index (χ2n) is 7.00. The van der Waals surface area contributed by atoms with E-state index >= 15 is 0 Å².